The van der Waals surface area contributed by atoms with Crippen LogP contribution in [-0.4, -0.2) is 11.1 Å². The fraction of sp³-hybridized carbons (Fsp3) is 0.200. The van der Waals surface area contributed by atoms with Crippen molar-refractivity contribution in [2.75, 3.05) is 0 Å². The Bertz CT molecular complexity index is 213. The zero-order valence-corrected chi connectivity index (χ0v) is 5.39. The first kappa shape index (κ1) is 6.13. The van der Waals surface area contributed by atoms with E-state index in [0.29, 0.717) is 6.54 Å². The molecular formula is C5H4N2OS. The molecule has 0 saturated heterocycles. The average Bonchev–Trinajstić information content (AvgIpc) is 2.34. The molecule has 0 bridgehead atoms. The molecule has 0 radical (unpaired) electrons. The van der Waals surface area contributed by atoms with E-state index in [9.17, 15) is 4.79 Å². The van der Waals surface area contributed by atoms with Gasteiger partial charge < -0.3 is 0 Å². The largest absolute Gasteiger partial charge is 0.248 e. The first-order valence-corrected chi connectivity index (χ1v) is 3.23. The van der Waals surface area contributed by atoms with Crippen molar-refractivity contribution < 1.29 is 4.79 Å². The van der Waals surface area contributed by atoms with Gasteiger partial charge in [-0.25, -0.2) is 9.78 Å². The van der Waals surface area contributed by atoms with Crippen LogP contribution in [0.25, 0.3) is 0 Å². The minimum absolute atomic E-state index is 0.362. The molecular weight excluding hydrogens is 136 g/mol. The van der Waals surface area contributed by atoms with Gasteiger partial charge in [0.05, 0.1) is 0 Å². The third-order valence-electron chi connectivity index (χ3n) is 0.762. The molecule has 1 aromatic heterocycles. The lowest BCUT2D eigenvalue weighted by Crippen LogP contribution is -1.74. The summed E-state index contributed by atoms with van der Waals surface area (Å²) in [7, 11) is 0. The number of nitrogens with zero attached hydrogens (tertiary/aromatic N) is 2. The van der Waals surface area contributed by atoms with Gasteiger partial charge >= 0.3 is 0 Å². The van der Waals surface area contributed by atoms with Crippen LogP contribution in [0.5, 0.6) is 0 Å². The Morgan fingerprint density at radius 3 is 3.33 bits per heavy atom. The summed E-state index contributed by atoms with van der Waals surface area (Å²) < 4.78 is 0. The second-order valence-corrected chi connectivity index (χ2v) is 2.31. The SMILES string of the molecule is O=C=NCc1nccs1. The van der Waals surface area contributed by atoms with E-state index in [0.717, 1.165) is 5.01 Å². The second-order valence-electron chi connectivity index (χ2n) is 1.33. The molecule has 1 heterocycles. The summed E-state index contributed by atoms with van der Waals surface area (Å²) in [4.78, 5) is 16.8. The van der Waals surface area contributed by atoms with Crippen LogP contribution in [0.4, 0.5) is 0 Å². The number of rotatable bonds is 2. The molecule has 3 nitrogen and oxygen atoms in total. The Hall–Kier alpha value is -0.990. The fourth-order valence-corrected chi connectivity index (χ4v) is 0.971. The molecule has 1 aromatic rings. The third kappa shape index (κ3) is 1.76. The van der Waals surface area contributed by atoms with Crippen molar-refractivity contribution in [2.24, 2.45) is 4.99 Å². The zero-order chi connectivity index (χ0) is 6.53. The van der Waals surface area contributed by atoms with E-state index in [4.69, 9.17) is 0 Å². The van der Waals surface area contributed by atoms with Gasteiger partial charge in [-0.15, -0.1) is 11.3 Å². The number of hydrogen-bond donors (Lipinski definition) is 0. The van der Waals surface area contributed by atoms with Crippen LogP contribution in [0, 0.1) is 0 Å². The highest BCUT2D eigenvalue weighted by Gasteiger charge is 1.89. The van der Waals surface area contributed by atoms with E-state index in [1.807, 2.05) is 5.38 Å². The Kier molecular flexibility index (Phi) is 2.13. The van der Waals surface area contributed by atoms with Gasteiger partial charge in [-0.2, -0.15) is 4.99 Å². The van der Waals surface area contributed by atoms with E-state index in [1.165, 1.54) is 17.4 Å². The molecule has 0 aliphatic heterocycles. The Morgan fingerprint density at radius 1 is 1.89 bits per heavy atom. The van der Waals surface area contributed by atoms with Gasteiger partial charge in [0.1, 0.15) is 11.6 Å². The van der Waals surface area contributed by atoms with Crippen LogP contribution in [-0.2, 0) is 11.3 Å². The molecule has 0 unspecified atom stereocenters. The van der Waals surface area contributed by atoms with Crippen LogP contribution < -0.4 is 0 Å². The van der Waals surface area contributed by atoms with E-state index in [1.54, 1.807) is 6.20 Å². The molecule has 0 aromatic carbocycles. The van der Waals surface area contributed by atoms with Crippen molar-refractivity contribution >= 4 is 17.4 Å². The Labute approximate surface area is 56.1 Å². The van der Waals surface area contributed by atoms with Crippen molar-refractivity contribution in [3.63, 3.8) is 0 Å². The van der Waals surface area contributed by atoms with Crippen LogP contribution in [0.15, 0.2) is 16.6 Å². The molecule has 0 atom stereocenters. The normalized spacial score (nSPS) is 8.44. The standard InChI is InChI=1S/C5H4N2OS/c8-4-6-3-5-7-1-2-9-5/h1-2H,3H2. The Balaban J connectivity index is 2.57. The summed E-state index contributed by atoms with van der Waals surface area (Å²) in [6.45, 7) is 0.362. The van der Waals surface area contributed by atoms with Crippen LogP contribution >= 0.6 is 11.3 Å². The van der Waals surface area contributed by atoms with Gasteiger partial charge in [-0.3, -0.25) is 0 Å². The number of thiazole rings is 1. The van der Waals surface area contributed by atoms with Gasteiger partial charge in [0.2, 0.25) is 6.08 Å². The van der Waals surface area contributed by atoms with Gasteiger partial charge in [-0.1, -0.05) is 0 Å². The predicted octanol–water partition coefficient (Wildman–Crippen LogP) is 0.979. The monoisotopic (exact) mass is 140 g/mol. The molecule has 0 N–H and O–H groups in total. The minimum Gasteiger partial charge on any atom is -0.248 e. The molecule has 4 heteroatoms. The average molecular weight is 140 g/mol. The maximum Gasteiger partial charge on any atom is 0.235 e. The van der Waals surface area contributed by atoms with Gasteiger partial charge in [-0.05, 0) is 0 Å². The lowest BCUT2D eigenvalue weighted by Gasteiger charge is -1.78. The summed E-state index contributed by atoms with van der Waals surface area (Å²) >= 11 is 1.48. The van der Waals surface area contributed by atoms with Crippen LogP contribution in [0.3, 0.4) is 0 Å². The molecule has 46 valence electrons. The van der Waals surface area contributed by atoms with E-state index >= 15 is 0 Å². The number of aromatic nitrogens is 1. The summed E-state index contributed by atoms with van der Waals surface area (Å²) in [6.07, 6.45) is 3.13. The van der Waals surface area contributed by atoms with Crippen molar-refractivity contribution in [2.45, 2.75) is 6.54 Å². The lowest BCUT2D eigenvalue weighted by atomic mass is 10.7. The van der Waals surface area contributed by atoms with E-state index in [2.05, 4.69) is 9.98 Å². The molecule has 0 aliphatic rings. The van der Waals surface area contributed by atoms with Crippen molar-refractivity contribution in [3.8, 4) is 0 Å². The quantitative estimate of drug-likeness (QED) is 0.454. The molecule has 0 aliphatic carbocycles. The van der Waals surface area contributed by atoms with Gasteiger partial charge in [0.25, 0.3) is 0 Å². The third-order valence-corrected chi connectivity index (χ3v) is 1.53. The summed E-state index contributed by atoms with van der Waals surface area (Å²) in [5, 5.41) is 2.69. The minimum atomic E-state index is 0.362. The van der Waals surface area contributed by atoms with Crippen LogP contribution in [0.2, 0.25) is 0 Å². The number of aliphatic imine (C=N–C) groups is 1. The summed E-state index contributed by atoms with van der Waals surface area (Å²) in [5.74, 6) is 0. The van der Waals surface area contributed by atoms with Gasteiger partial charge in [0.15, 0.2) is 0 Å². The maximum atomic E-state index is 9.59. The predicted molar refractivity (Wildman–Crippen MR) is 33.9 cm³/mol. The smallest absolute Gasteiger partial charge is 0.235 e. The molecule has 9 heavy (non-hydrogen) atoms. The zero-order valence-electron chi connectivity index (χ0n) is 4.57. The molecule has 0 fully saturated rings. The molecule has 0 amide bonds. The lowest BCUT2D eigenvalue weighted by molar-refractivity contribution is 0.562. The van der Waals surface area contributed by atoms with Crippen molar-refractivity contribution in [1.29, 1.82) is 0 Å². The highest BCUT2D eigenvalue weighted by Crippen LogP contribution is 2.03. The molecule has 1 rings (SSSR count). The number of isocyanates is 1. The van der Waals surface area contributed by atoms with Crippen molar-refractivity contribution in [1.82, 2.24) is 4.98 Å². The van der Waals surface area contributed by atoms with E-state index in [-0.39, 0.29) is 0 Å². The first-order valence-electron chi connectivity index (χ1n) is 2.35. The topological polar surface area (TPSA) is 42.3 Å². The number of carbonyl (C=O) groups excluding carboxylic acids is 1. The fourth-order valence-electron chi connectivity index (χ4n) is 0.431. The highest BCUT2D eigenvalue weighted by molar-refractivity contribution is 7.09. The second kappa shape index (κ2) is 3.12. The van der Waals surface area contributed by atoms with Gasteiger partial charge in [0, 0.05) is 11.6 Å². The molecule has 0 saturated carbocycles. The number of hydrogen-bond acceptors (Lipinski definition) is 4. The summed E-state index contributed by atoms with van der Waals surface area (Å²) in [5.41, 5.74) is 0. The highest BCUT2D eigenvalue weighted by atomic mass is 32.1. The van der Waals surface area contributed by atoms with Crippen molar-refractivity contribution in [3.05, 3.63) is 16.6 Å². The van der Waals surface area contributed by atoms with E-state index < -0.39 is 0 Å². The maximum absolute atomic E-state index is 9.59. The van der Waals surface area contributed by atoms with Crippen LogP contribution in [0.1, 0.15) is 5.01 Å². The summed E-state index contributed by atoms with van der Waals surface area (Å²) in [6, 6.07) is 0. The first-order chi connectivity index (χ1) is 4.43. The molecule has 0 spiro atoms. The Morgan fingerprint density at radius 2 is 2.78 bits per heavy atom.